The van der Waals surface area contributed by atoms with Crippen LogP contribution in [0.1, 0.15) is 0 Å². The Balaban J connectivity index is -0.0000000450. The molecule has 42 valence electrons. The van der Waals surface area contributed by atoms with E-state index in [1.165, 1.54) is 0 Å². The zero-order chi connectivity index (χ0) is 3.58. The molecule has 0 saturated carbocycles. The van der Waals surface area contributed by atoms with E-state index in [0.717, 1.165) is 0 Å². The van der Waals surface area contributed by atoms with Gasteiger partial charge in [-0.2, -0.15) is 19.8 Å². The first-order valence-corrected chi connectivity index (χ1v) is 6.27. The predicted octanol–water partition coefficient (Wildman–Crippen LogP) is 2.18. The van der Waals surface area contributed by atoms with Crippen molar-refractivity contribution in [3.05, 3.63) is 0 Å². The molecule has 0 aromatic heterocycles. The van der Waals surface area contributed by atoms with Crippen molar-refractivity contribution in [2.45, 2.75) is 0 Å². The second-order valence-corrected chi connectivity index (χ2v) is 7.11. The normalized spacial score (nSPS) is 6.00. The molecule has 6 heteroatoms. The Hall–Kier alpha value is 2.31. The molecule has 0 nitrogen and oxygen atoms in total. The molecule has 0 fully saturated rings. The molecule has 0 aliphatic heterocycles. The molecule has 0 aliphatic carbocycles. The molecule has 0 amide bonds. The first-order chi connectivity index (χ1) is 1.73. The molecule has 0 saturated heterocycles. The van der Waals surface area contributed by atoms with Crippen molar-refractivity contribution in [3.63, 3.8) is 0 Å². The Kier molecular flexibility index (Phi) is 27.1. The summed E-state index contributed by atoms with van der Waals surface area (Å²) >= 11 is -1.77. The fraction of sp³-hybridized carbons (Fsp3) is 0. The van der Waals surface area contributed by atoms with E-state index in [-0.39, 0.29) is 19.8 Å². The Bertz CT molecular complexity index is 13.5. The molecular formula is H6Cl3P2V. The second-order valence-electron chi connectivity index (χ2n) is 0.192. The molecule has 0 radical (unpaired) electrons. The molecule has 0 spiro atoms. The van der Waals surface area contributed by atoms with E-state index in [9.17, 15) is 0 Å². The molecule has 0 N–H and O–H groups in total. The first kappa shape index (κ1) is 15.7. The van der Waals surface area contributed by atoms with Crippen LogP contribution in [0.4, 0.5) is 0 Å². The fourth-order valence-corrected chi connectivity index (χ4v) is 0. The van der Waals surface area contributed by atoms with Crippen LogP contribution in [0.2, 0.25) is 0 Å². The van der Waals surface area contributed by atoms with E-state index in [1.807, 2.05) is 0 Å². The summed E-state index contributed by atoms with van der Waals surface area (Å²) in [6.07, 6.45) is 0. The average molecular weight is 225 g/mol. The topological polar surface area (TPSA) is 0 Å². The van der Waals surface area contributed by atoms with Gasteiger partial charge in [0.05, 0.1) is 0 Å². The van der Waals surface area contributed by atoms with Gasteiger partial charge in [0, 0.05) is 0 Å². The van der Waals surface area contributed by atoms with Gasteiger partial charge in [0.25, 0.3) is 0 Å². The van der Waals surface area contributed by atoms with E-state index in [4.69, 9.17) is 29.5 Å². The van der Waals surface area contributed by atoms with Gasteiger partial charge in [-0.3, -0.25) is 0 Å². The fourth-order valence-electron chi connectivity index (χ4n) is 0. The molecule has 0 aromatic carbocycles. The van der Waals surface area contributed by atoms with Crippen molar-refractivity contribution in [3.8, 4) is 0 Å². The van der Waals surface area contributed by atoms with Crippen molar-refractivity contribution < 1.29 is 12.3 Å². The van der Waals surface area contributed by atoms with Crippen LogP contribution < -0.4 is 0 Å². The maximum atomic E-state index is 4.95. The van der Waals surface area contributed by atoms with Gasteiger partial charge < -0.3 is 0 Å². The van der Waals surface area contributed by atoms with E-state index in [0.29, 0.717) is 0 Å². The number of hydrogen-bond donors (Lipinski definition) is 0. The third-order valence-electron chi connectivity index (χ3n) is 0. The maximum absolute atomic E-state index is 4.95. The van der Waals surface area contributed by atoms with Crippen molar-refractivity contribution in [2.24, 2.45) is 0 Å². The SMILES string of the molecule is P.P.[Cl][V]([Cl])[Cl]. The molecule has 0 bridgehead atoms. The van der Waals surface area contributed by atoms with Gasteiger partial charge in [-0.15, -0.1) is 0 Å². The Morgan fingerprint density at radius 2 is 0.833 bits per heavy atom. The third-order valence-corrected chi connectivity index (χ3v) is 0. The van der Waals surface area contributed by atoms with Crippen molar-refractivity contribution in [1.29, 1.82) is 0 Å². The van der Waals surface area contributed by atoms with E-state index >= 15 is 0 Å². The first-order valence-electron chi connectivity index (χ1n) is 0.507. The Morgan fingerprint density at radius 1 is 0.833 bits per heavy atom. The second kappa shape index (κ2) is 10.3. The summed E-state index contributed by atoms with van der Waals surface area (Å²) < 4.78 is 0. The number of hydrogen-bond acceptors (Lipinski definition) is 0. The van der Waals surface area contributed by atoms with Gasteiger partial charge in [0.1, 0.15) is 0 Å². The van der Waals surface area contributed by atoms with Crippen molar-refractivity contribution >= 4 is 49.3 Å². The molecule has 2 unspecified atom stereocenters. The van der Waals surface area contributed by atoms with Crippen LogP contribution >= 0.6 is 49.3 Å². The van der Waals surface area contributed by atoms with E-state index < -0.39 is 12.3 Å². The number of rotatable bonds is 0. The van der Waals surface area contributed by atoms with E-state index in [1.54, 1.807) is 0 Å². The van der Waals surface area contributed by atoms with Gasteiger partial charge in [0.15, 0.2) is 0 Å². The zero-order valence-corrected chi connectivity index (χ0v) is 9.49. The molecular weight excluding hydrogens is 219 g/mol. The molecule has 0 aliphatic rings. The van der Waals surface area contributed by atoms with Crippen LogP contribution in [0, 0.1) is 0 Å². The van der Waals surface area contributed by atoms with Gasteiger partial charge >= 0.3 is 41.8 Å². The summed E-state index contributed by atoms with van der Waals surface area (Å²) in [5.74, 6) is 0. The predicted molar refractivity (Wildman–Crippen MR) is 39.8 cm³/mol. The average Bonchev–Trinajstić information content (AvgIpc) is 0.811. The molecule has 6 heavy (non-hydrogen) atoms. The van der Waals surface area contributed by atoms with Gasteiger partial charge in [-0.25, -0.2) is 0 Å². The summed E-state index contributed by atoms with van der Waals surface area (Å²) in [5.41, 5.74) is 0. The van der Waals surface area contributed by atoms with Crippen molar-refractivity contribution in [1.82, 2.24) is 0 Å². The van der Waals surface area contributed by atoms with Gasteiger partial charge in [-0.1, -0.05) is 0 Å². The Labute approximate surface area is 61.4 Å². The molecule has 0 rings (SSSR count). The Morgan fingerprint density at radius 3 is 0.833 bits per heavy atom. The van der Waals surface area contributed by atoms with Crippen LogP contribution in [-0.4, -0.2) is 0 Å². The standard InChI is InChI=1S/3ClH.2H3P.V/h3*1H;2*1H3;/q;;;;;+3/p-3. The van der Waals surface area contributed by atoms with Crippen LogP contribution in [-0.2, 0) is 12.3 Å². The summed E-state index contributed by atoms with van der Waals surface area (Å²) in [7, 11) is 14.9. The minimum atomic E-state index is -1.77. The number of halogens is 3. The summed E-state index contributed by atoms with van der Waals surface area (Å²) in [5, 5.41) is 0. The van der Waals surface area contributed by atoms with Gasteiger partial charge in [-0.05, 0) is 0 Å². The minimum absolute atomic E-state index is 0. The molecule has 0 aromatic rings. The summed E-state index contributed by atoms with van der Waals surface area (Å²) in [6, 6.07) is 0. The molecule has 0 heterocycles. The van der Waals surface area contributed by atoms with E-state index in [2.05, 4.69) is 0 Å². The van der Waals surface area contributed by atoms with Crippen LogP contribution in [0.3, 0.4) is 0 Å². The third kappa shape index (κ3) is 33.3. The quantitative estimate of drug-likeness (QED) is 0.554. The van der Waals surface area contributed by atoms with Crippen LogP contribution in [0.5, 0.6) is 0 Å². The molecule has 2 atom stereocenters. The van der Waals surface area contributed by atoms with Crippen LogP contribution in [0.25, 0.3) is 0 Å². The zero-order valence-electron chi connectivity index (χ0n) is 3.00. The van der Waals surface area contributed by atoms with Crippen LogP contribution in [0.15, 0.2) is 0 Å². The summed E-state index contributed by atoms with van der Waals surface area (Å²) in [6.45, 7) is 0. The van der Waals surface area contributed by atoms with Gasteiger partial charge in [0.2, 0.25) is 0 Å². The van der Waals surface area contributed by atoms with Crippen molar-refractivity contribution in [2.75, 3.05) is 0 Å². The summed E-state index contributed by atoms with van der Waals surface area (Å²) in [4.78, 5) is 0. The monoisotopic (exact) mass is 224 g/mol.